The summed E-state index contributed by atoms with van der Waals surface area (Å²) in [7, 11) is 0. The predicted octanol–water partition coefficient (Wildman–Crippen LogP) is 0.481. The minimum Gasteiger partial charge on any atom is -0.352 e. The fourth-order valence-corrected chi connectivity index (χ4v) is 3.17. The Morgan fingerprint density at radius 3 is 2.59 bits per heavy atom. The number of carbonyl (C=O) groups is 1. The van der Waals surface area contributed by atoms with Crippen molar-refractivity contribution in [3.8, 4) is 0 Å². The normalized spacial score (nSPS) is 31.6. The van der Waals surface area contributed by atoms with Gasteiger partial charge in [0.1, 0.15) is 0 Å². The first kappa shape index (κ1) is 11.5. The zero-order chi connectivity index (χ0) is 11.7. The van der Waals surface area contributed by atoms with E-state index in [0.29, 0.717) is 18.0 Å². The molecule has 2 N–H and O–H groups in total. The van der Waals surface area contributed by atoms with Crippen molar-refractivity contribution in [2.24, 2.45) is 0 Å². The van der Waals surface area contributed by atoms with E-state index < -0.39 is 0 Å². The second-order valence-corrected chi connectivity index (χ2v) is 5.66. The second kappa shape index (κ2) is 4.94. The van der Waals surface area contributed by atoms with Crippen LogP contribution in [0.15, 0.2) is 0 Å². The molecular weight excluding hydrogens is 214 g/mol. The maximum absolute atomic E-state index is 12.2. The highest BCUT2D eigenvalue weighted by molar-refractivity contribution is 5.82. The molecule has 2 aliphatic heterocycles. The first-order valence-electron chi connectivity index (χ1n) is 7.11. The van der Waals surface area contributed by atoms with Crippen molar-refractivity contribution in [1.29, 1.82) is 0 Å². The van der Waals surface area contributed by atoms with Crippen molar-refractivity contribution in [2.75, 3.05) is 19.6 Å². The van der Waals surface area contributed by atoms with Crippen molar-refractivity contribution < 1.29 is 4.79 Å². The van der Waals surface area contributed by atoms with E-state index in [0.717, 1.165) is 26.1 Å². The molecule has 2 heterocycles. The average molecular weight is 237 g/mol. The fourth-order valence-electron chi connectivity index (χ4n) is 3.17. The largest absolute Gasteiger partial charge is 0.352 e. The quantitative estimate of drug-likeness (QED) is 0.750. The van der Waals surface area contributed by atoms with E-state index in [-0.39, 0.29) is 6.04 Å². The number of nitrogens with one attached hydrogen (secondary N) is 2. The Kier molecular flexibility index (Phi) is 3.34. The molecule has 0 radical (unpaired) electrons. The number of rotatable bonds is 3. The molecule has 0 aromatic heterocycles. The molecule has 2 saturated heterocycles. The lowest BCUT2D eigenvalue weighted by Gasteiger charge is -2.35. The number of amides is 1. The average Bonchev–Trinajstić information content (AvgIpc) is 3.04. The van der Waals surface area contributed by atoms with Crippen LogP contribution in [0.1, 0.15) is 38.5 Å². The van der Waals surface area contributed by atoms with Crippen LogP contribution in [0.2, 0.25) is 0 Å². The van der Waals surface area contributed by atoms with Gasteiger partial charge in [0.15, 0.2) is 0 Å². The van der Waals surface area contributed by atoms with Crippen LogP contribution in [0.25, 0.3) is 0 Å². The van der Waals surface area contributed by atoms with Crippen LogP contribution in [0, 0.1) is 0 Å². The highest BCUT2D eigenvalue weighted by Gasteiger charge is 2.37. The number of carbonyl (C=O) groups excluding carboxylic acids is 1. The van der Waals surface area contributed by atoms with Gasteiger partial charge in [0.05, 0.1) is 6.04 Å². The van der Waals surface area contributed by atoms with Gasteiger partial charge in [-0.15, -0.1) is 0 Å². The third kappa shape index (κ3) is 2.63. The minimum absolute atomic E-state index is 0.165. The van der Waals surface area contributed by atoms with Crippen molar-refractivity contribution >= 4 is 5.91 Å². The van der Waals surface area contributed by atoms with Crippen LogP contribution in [0.4, 0.5) is 0 Å². The molecule has 4 nitrogen and oxygen atoms in total. The molecule has 1 amide bonds. The summed E-state index contributed by atoms with van der Waals surface area (Å²) < 4.78 is 0. The van der Waals surface area contributed by atoms with Gasteiger partial charge in [-0.2, -0.15) is 0 Å². The van der Waals surface area contributed by atoms with Crippen molar-refractivity contribution in [1.82, 2.24) is 15.5 Å². The van der Waals surface area contributed by atoms with E-state index in [1.165, 1.54) is 32.1 Å². The third-order valence-corrected chi connectivity index (χ3v) is 4.30. The molecule has 3 rings (SSSR count). The lowest BCUT2D eigenvalue weighted by atomic mass is 10.0. The second-order valence-electron chi connectivity index (χ2n) is 5.66. The number of hydrogen-bond donors (Lipinski definition) is 2. The highest BCUT2D eigenvalue weighted by Crippen LogP contribution is 2.26. The fraction of sp³-hybridized carbons (Fsp3) is 0.923. The van der Waals surface area contributed by atoms with E-state index in [9.17, 15) is 4.79 Å². The predicted molar refractivity (Wildman–Crippen MR) is 66.8 cm³/mol. The van der Waals surface area contributed by atoms with Gasteiger partial charge in [0.2, 0.25) is 5.91 Å². The number of hydrogen-bond acceptors (Lipinski definition) is 3. The molecule has 1 atom stereocenters. The molecule has 96 valence electrons. The molecule has 0 aromatic rings. The Hall–Kier alpha value is -0.610. The van der Waals surface area contributed by atoms with Gasteiger partial charge in [-0.1, -0.05) is 0 Å². The lowest BCUT2D eigenvalue weighted by molar-refractivity contribution is -0.126. The molecule has 0 bridgehead atoms. The highest BCUT2D eigenvalue weighted by atomic mass is 16.2. The summed E-state index contributed by atoms with van der Waals surface area (Å²) in [6.45, 7) is 3.34. The van der Waals surface area contributed by atoms with Gasteiger partial charge in [-0.3, -0.25) is 9.69 Å². The topological polar surface area (TPSA) is 44.4 Å². The summed E-state index contributed by atoms with van der Waals surface area (Å²) in [5.74, 6) is 0.295. The van der Waals surface area contributed by atoms with Crippen LogP contribution >= 0.6 is 0 Å². The molecule has 3 fully saturated rings. The van der Waals surface area contributed by atoms with Crippen LogP contribution in [0.5, 0.6) is 0 Å². The summed E-state index contributed by atoms with van der Waals surface area (Å²) in [5, 5.41) is 6.57. The Balaban J connectivity index is 1.59. The maximum Gasteiger partial charge on any atom is 0.237 e. The molecule has 1 aliphatic carbocycles. The number of likely N-dealkylation sites (tertiary alicyclic amines) is 1. The van der Waals surface area contributed by atoms with Crippen molar-refractivity contribution in [3.63, 3.8) is 0 Å². The van der Waals surface area contributed by atoms with E-state index in [4.69, 9.17) is 0 Å². The van der Waals surface area contributed by atoms with E-state index in [1.54, 1.807) is 0 Å². The molecular formula is C13H23N3O. The molecule has 17 heavy (non-hydrogen) atoms. The van der Waals surface area contributed by atoms with Gasteiger partial charge < -0.3 is 10.6 Å². The van der Waals surface area contributed by atoms with E-state index in [2.05, 4.69) is 15.5 Å². The van der Waals surface area contributed by atoms with Gasteiger partial charge in [0, 0.05) is 12.1 Å². The minimum atomic E-state index is 0.165. The molecule has 1 unspecified atom stereocenters. The van der Waals surface area contributed by atoms with Gasteiger partial charge in [-0.05, 0) is 58.2 Å². The standard InChI is InChI=1S/C13H23N3O/c17-13(15-10-3-4-10)12-2-1-9-16(12)11-5-7-14-8-6-11/h10-12,14H,1-9H2,(H,15,17). The first-order valence-corrected chi connectivity index (χ1v) is 7.11. The van der Waals surface area contributed by atoms with Gasteiger partial charge in [-0.25, -0.2) is 0 Å². The summed E-state index contributed by atoms with van der Waals surface area (Å²) in [5.41, 5.74) is 0. The summed E-state index contributed by atoms with van der Waals surface area (Å²) >= 11 is 0. The number of piperidine rings is 1. The summed E-state index contributed by atoms with van der Waals surface area (Å²) in [4.78, 5) is 14.7. The van der Waals surface area contributed by atoms with Crippen LogP contribution in [-0.2, 0) is 4.79 Å². The zero-order valence-electron chi connectivity index (χ0n) is 10.5. The maximum atomic E-state index is 12.2. The number of nitrogens with zero attached hydrogens (tertiary/aromatic N) is 1. The molecule has 1 saturated carbocycles. The molecule has 0 aromatic carbocycles. The monoisotopic (exact) mass is 237 g/mol. The van der Waals surface area contributed by atoms with Crippen molar-refractivity contribution in [3.05, 3.63) is 0 Å². The van der Waals surface area contributed by atoms with E-state index >= 15 is 0 Å². The SMILES string of the molecule is O=C(NC1CC1)C1CCCN1C1CCNCC1. The van der Waals surface area contributed by atoms with Crippen LogP contribution < -0.4 is 10.6 Å². The van der Waals surface area contributed by atoms with Crippen LogP contribution in [0.3, 0.4) is 0 Å². The Morgan fingerprint density at radius 2 is 1.88 bits per heavy atom. The zero-order valence-corrected chi connectivity index (χ0v) is 10.5. The molecule has 0 spiro atoms. The van der Waals surface area contributed by atoms with Gasteiger partial charge in [0.25, 0.3) is 0 Å². The van der Waals surface area contributed by atoms with Crippen LogP contribution in [-0.4, -0.2) is 48.6 Å². The third-order valence-electron chi connectivity index (χ3n) is 4.30. The van der Waals surface area contributed by atoms with Gasteiger partial charge >= 0.3 is 0 Å². The summed E-state index contributed by atoms with van der Waals surface area (Å²) in [6.07, 6.45) is 7.02. The Labute approximate surface area is 103 Å². The van der Waals surface area contributed by atoms with Crippen molar-refractivity contribution in [2.45, 2.75) is 56.7 Å². The first-order chi connectivity index (χ1) is 8.34. The van der Waals surface area contributed by atoms with E-state index in [1.807, 2.05) is 0 Å². The molecule has 4 heteroatoms. The lowest BCUT2D eigenvalue weighted by Crippen LogP contribution is -2.51. The smallest absolute Gasteiger partial charge is 0.237 e. The summed E-state index contributed by atoms with van der Waals surface area (Å²) in [6, 6.07) is 1.30. The molecule has 3 aliphatic rings. The Bertz CT molecular complexity index is 284. The Morgan fingerprint density at radius 1 is 1.12 bits per heavy atom.